The van der Waals surface area contributed by atoms with Gasteiger partial charge in [-0.05, 0) is 64.9 Å². The molecule has 0 radical (unpaired) electrons. The van der Waals surface area contributed by atoms with E-state index in [9.17, 15) is 14.0 Å². The fourth-order valence-electron chi connectivity index (χ4n) is 3.37. The van der Waals surface area contributed by atoms with Gasteiger partial charge in [0.2, 0.25) is 0 Å². The van der Waals surface area contributed by atoms with Crippen LogP contribution in [0.2, 0.25) is 0 Å². The van der Waals surface area contributed by atoms with E-state index in [2.05, 4.69) is 34.0 Å². The van der Waals surface area contributed by atoms with Crippen LogP contribution in [-0.4, -0.2) is 16.8 Å². The molecule has 1 aliphatic heterocycles. The molecule has 3 amide bonds. The Kier molecular flexibility index (Phi) is 6.55. The molecular formula is C25H20FIN2O3. The Labute approximate surface area is 199 Å². The molecule has 0 aromatic heterocycles. The van der Waals surface area contributed by atoms with E-state index in [0.29, 0.717) is 6.61 Å². The molecule has 3 aromatic rings. The Bertz CT molecular complexity index is 1230. The first-order valence-corrected chi connectivity index (χ1v) is 11.0. The highest BCUT2D eigenvalue weighted by molar-refractivity contribution is 14.1. The number of aryl methyl sites for hydroxylation is 1. The van der Waals surface area contributed by atoms with Crippen molar-refractivity contribution in [2.45, 2.75) is 20.1 Å². The van der Waals surface area contributed by atoms with Crippen LogP contribution in [0.25, 0.3) is 6.08 Å². The van der Waals surface area contributed by atoms with Crippen LogP contribution in [0.15, 0.2) is 72.4 Å². The summed E-state index contributed by atoms with van der Waals surface area (Å²) in [5.41, 5.74) is 3.43. The van der Waals surface area contributed by atoms with Crippen molar-refractivity contribution in [3.63, 3.8) is 0 Å². The Morgan fingerprint density at radius 1 is 1.06 bits per heavy atom. The van der Waals surface area contributed by atoms with Crippen molar-refractivity contribution in [2.75, 3.05) is 0 Å². The Hall–Kier alpha value is -3.20. The van der Waals surface area contributed by atoms with Crippen LogP contribution < -0.4 is 10.1 Å². The van der Waals surface area contributed by atoms with Crippen LogP contribution in [0, 0.1) is 16.3 Å². The molecule has 4 rings (SSSR count). The third kappa shape index (κ3) is 4.99. The molecule has 1 aliphatic rings. The molecule has 0 aliphatic carbocycles. The summed E-state index contributed by atoms with van der Waals surface area (Å²) in [5, 5.41) is 2.57. The van der Waals surface area contributed by atoms with Gasteiger partial charge in [0.15, 0.2) is 0 Å². The number of nitrogens with one attached hydrogen (secondary N) is 1. The van der Waals surface area contributed by atoms with Crippen LogP contribution >= 0.6 is 22.6 Å². The van der Waals surface area contributed by atoms with Crippen LogP contribution in [0.1, 0.15) is 22.3 Å². The van der Waals surface area contributed by atoms with Crippen LogP contribution in [0.4, 0.5) is 9.18 Å². The van der Waals surface area contributed by atoms with Crippen molar-refractivity contribution < 1.29 is 18.7 Å². The summed E-state index contributed by atoms with van der Waals surface area (Å²) < 4.78 is 20.7. The molecule has 1 heterocycles. The van der Waals surface area contributed by atoms with Crippen molar-refractivity contribution in [1.29, 1.82) is 0 Å². The lowest BCUT2D eigenvalue weighted by Gasteiger charge is -2.12. The summed E-state index contributed by atoms with van der Waals surface area (Å²) in [7, 11) is 0. The van der Waals surface area contributed by atoms with E-state index in [4.69, 9.17) is 4.74 Å². The van der Waals surface area contributed by atoms with Gasteiger partial charge in [-0.25, -0.2) is 9.18 Å². The van der Waals surface area contributed by atoms with Crippen LogP contribution in [0.5, 0.6) is 5.75 Å². The molecule has 32 heavy (non-hydrogen) atoms. The summed E-state index contributed by atoms with van der Waals surface area (Å²) in [4.78, 5) is 26.0. The molecule has 0 saturated carbocycles. The number of halogens is 2. The summed E-state index contributed by atoms with van der Waals surface area (Å²) in [5.74, 6) is -0.216. The fraction of sp³-hybridized carbons (Fsp3) is 0.120. The van der Waals surface area contributed by atoms with Crippen molar-refractivity contribution in [2.24, 2.45) is 0 Å². The smallest absolute Gasteiger partial charge is 0.329 e. The number of benzene rings is 3. The fourth-order valence-corrected chi connectivity index (χ4v) is 4.06. The van der Waals surface area contributed by atoms with Crippen LogP contribution in [-0.2, 0) is 17.9 Å². The number of urea groups is 1. The summed E-state index contributed by atoms with van der Waals surface area (Å²) in [6.07, 6.45) is 1.61. The maximum absolute atomic E-state index is 13.9. The largest absolute Gasteiger partial charge is 0.488 e. The van der Waals surface area contributed by atoms with E-state index in [-0.39, 0.29) is 17.8 Å². The molecule has 0 atom stereocenters. The molecule has 7 heteroatoms. The lowest BCUT2D eigenvalue weighted by atomic mass is 10.1. The predicted octanol–water partition coefficient (Wildman–Crippen LogP) is 5.41. The Morgan fingerprint density at radius 3 is 2.62 bits per heavy atom. The zero-order chi connectivity index (χ0) is 22.7. The molecule has 0 bridgehead atoms. The highest BCUT2D eigenvalue weighted by Gasteiger charge is 2.34. The number of rotatable bonds is 6. The SMILES string of the molecule is Cc1cccc(COc2ccc(/C=C3/NC(=O)N(Cc4ccccc4F)C3=O)cc2I)c1. The number of ether oxygens (including phenoxy) is 1. The number of carbonyl (C=O) groups excluding carboxylic acids is 2. The van der Waals surface area contributed by atoms with Gasteiger partial charge in [0.1, 0.15) is 23.9 Å². The predicted molar refractivity (Wildman–Crippen MR) is 128 cm³/mol. The zero-order valence-electron chi connectivity index (χ0n) is 17.3. The van der Waals surface area contributed by atoms with Gasteiger partial charge in [-0.2, -0.15) is 0 Å². The number of carbonyl (C=O) groups is 2. The molecule has 1 saturated heterocycles. The molecule has 5 nitrogen and oxygen atoms in total. The van der Waals surface area contributed by atoms with Gasteiger partial charge in [0, 0.05) is 5.56 Å². The van der Waals surface area contributed by atoms with E-state index in [1.165, 1.54) is 11.6 Å². The van der Waals surface area contributed by atoms with E-state index < -0.39 is 17.8 Å². The maximum Gasteiger partial charge on any atom is 0.329 e. The van der Waals surface area contributed by atoms with E-state index in [1.807, 2.05) is 43.3 Å². The van der Waals surface area contributed by atoms with Crippen molar-refractivity contribution in [3.05, 3.63) is 104 Å². The third-order valence-electron chi connectivity index (χ3n) is 4.99. The second-order valence-corrected chi connectivity index (χ2v) is 8.60. The first-order chi connectivity index (χ1) is 15.4. The lowest BCUT2D eigenvalue weighted by Crippen LogP contribution is -2.30. The number of nitrogens with zero attached hydrogens (tertiary/aromatic N) is 1. The van der Waals surface area contributed by atoms with Crippen molar-refractivity contribution >= 4 is 40.6 Å². The van der Waals surface area contributed by atoms with Gasteiger partial charge in [0.25, 0.3) is 5.91 Å². The standard InChI is InChI=1S/C25H20FIN2O3/c1-16-5-4-6-18(11-16)15-32-23-10-9-17(12-21(23)27)13-22-24(30)29(25(31)28-22)14-19-7-2-3-8-20(19)26/h2-13H,14-15H2,1H3,(H,28,31)/b22-13+. The average molecular weight is 542 g/mol. The lowest BCUT2D eigenvalue weighted by molar-refractivity contribution is -0.123. The normalized spacial score (nSPS) is 14.7. The number of amides is 3. The minimum absolute atomic E-state index is 0.127. The Balaban J connectivity index is 1.46. The maximum atomic E-state index is 13.9. The van der Waals surface area contributed by atoms with Gasteiger partial charge in [-0.15, -0.1) is 0 Å². The summed E-state index contributed by atoms with van der Waals surface area (Å²) in [6.45, 7) is 2.37. The minimum atomic E-state index is -0.572. The van der Waals surface area contributed by atoms with E-state index in [0.717, 1.165) is 25.3 Å². The minimum Gasteiger partial charge on any atom is -0.488 e. The highest BCUT2D eigenvalue weighted by atomic mass is 127. The summed E-state index contributed by atoms with van der Waals surface area (Å²) in [6, 6.07) is 19.2. The molecule has 3 aromatic carbocycles. The molecule has 0 unspecified atom stereocenters. The van der Waals surface area contributed by atoms with Gasteiger partial charge in [-0.3, -0.25) is 9.69 Å². The average Bonchev–Trinajstić information content (AvgIpc) is 3.02. The topological polar surface area (TPSA) is 58.6 Å². The molecule has 0 spiro atoms. The van der Waals surface area contributed by atoms with Crippen LogP contribution in [0.3, 0.4) is 0 Å². The number of hydrogen-bond donors (Lipinski definition) is 1. The second kappa shape index (κ2) is 9.52. The first-order valence-electron chi connectivity index (χ1n) is 9.96. The number of imide groups is 1. The van der Waals surface area contributed by atoms with E-state index in [1.54, 1.807) is 24.3 Å². The van der Waals surface area contributed by atoms with Crippen molar-refractivity contribution in [1.82, 2.24) is 10.2 Å². The molecule has 1 N–H and O–H groups in total. The molecule has 1 fully saturated rings. The third-order valence-corrected chi connectivity index (χ3v) is 5.84. The summed E-state index contributed by atoms with van der Waals surface area (Å²) >= 11 is 2.18. The van der Waals surface area contributed by atoms with Gasteiger partial charge >= 0.3 is 6.03 Å². The highest BCUT2D eigenvalue weighted by Crippen LogP contribution is 2.25. The zero-order valence-corrected chi connectivity index (χ0v) is 19.4. The van der Waals surface area contributed by atoms with Gasteiger partial charge in [-0.1, -0.05) is 54.1 Å². The Morgan fingerprint density at radius 2 is 1.88 bits per heavy atom. The van der Waals surface area contributed by atoms with E-state index >= 15 is 0 Å². The van der Waals surface area contributed by atoms with Gasteiger partial charge < -0.3 is 10.1 Å². The monoisotopic (exact) mass is 542 g/mol. The first kappa shape index (κ1) is 22.0. The molecular weight excluding hydrogens is 522 g/mol. The molecule has 162 valence electrons. The quantitative estimate of drug-likeness (QED) is 0.258. The van der Waals surface area contributed by atoms with Gasteiger partial charge in [0.05, 0.1) is 10.1 Å². The second-order valence-electron chi connectivity index (χ2n) is 7.44. The van der Waals surface area contributed by atoms with Crippen molar-refractivity contribution in [3.8, 4) is 5.75 Å². The number of hydrogen-bond acceptors (Lipinski definition) is 3.